The number of carbonyl (C=O) groups excluding carboxylic acids is 1. The van der Waals surface area contributed by atoms with Crippen molar-refractivity contribution >= 4 is 24.5 Å². The standard InChI is InChI=1S/C17H16OS/c18-13-16(14-7-2-1-3-8-14)11-6-10-15-9-4-5-12-17(15)19/h1-5,7-9,11-13,19H,6,10H2/b16-11+. The zero-order chi connectivity index (χ0) is 13.5. The molecule has 2 aromatic carbocycles. The fourth-order valence-corrected chi connectivity index (χ4v) is 2.24. The van der Waals surface area contributed by atoms with Crippen LogP contribution in [0.3, 0.4) is 0 Å². The molecule has 0 radical (unpaired) electrons. The van der Waals surface area contributed by atoms with E-state index in [9.17, 15) is 4.79 Å². The first-order valence-electron chi connectivity index (χ1n) is 6.29. The minimum atomic E-state index is 0.747. The average molecular weight is 268 g/mol. The highest BCUT2D eigenvalue weighted by atomic mass is 32.1. The average Bonchev–Trinajstić information content (AvgIpc) is 2.46. The summed E-state index contributed by atoms with van der Waals surface area (Å²) in [5, 5.41) is 0. The first-order chi connectivity index (χ1) is 9.31. The molecule has 0 saturated heterocycles. The Hall–Kier alpha value is -1.80. The smallest absolute Gasteiger partial charge is 0.150 e. The van der Waals surface area contributed by atoms with Gasteiger partial charge in [-0.2, -0.15) is 0 Å². The maximum absolute atomic E-state index is 11.1. The van der Waals surface area contributed by atoms with E-state index < -0.39 is 0 Å². The first-order valence-corrected chi connectivity index (χ1v) is 6.73. The van der Waals surface area contributed by atoms with Crippen molar-refractivity contribution in [2.75, 3.05) is 0 Å². The van der Waals surface area contributed by atoms with E-state index in [-0.39, 0.29) is 0 Å². The molecule has 0 N–H and O–H groups in total. The van der Waals surface area contributed by atoms with Crippen LogP contribution in [0, 0.1) is 0 Å². The Morgan fingerprint density at radius 2 is 1.68 bits per heavy atom. The van der Waals surface area contributed by atoms with Gasteiger partial charge in [-0.3, -0.25) is 4.79 Å². The van der Waals surface area contributed by atoms with Gasteiger partial charge in [0.2, 0.25) is 0 Å². The summed E-state index contributed by atoms with van der Waals surface area (Å²) < 4.78 is 0. The van der Waals surface area contributed by atoms with Gasteiger partial charge in [0.15, 0.2) is 0 Å². The molecule has 0 atom stereocenters. The zero-order valence-corrected chi connectivity index (χ0v) is 11.5. The van der Waals surface area contributed by atoms with E-state index in [4.69, 9.17) is 0 Å². The maximum atomic E-state index is 11.1. The van der Waals surface area contributed by atoms with Crippen molar-refractivity contribution in [3.05, 3.63) is 71.8 Å². The summed E-state index contributed by atoms with van der Waals surface area (Å²) in [4.78, 5) is 12.1. The molecule has 0 bridgehead atoms. The molecule has 0 aliphatic heterocycles. The van der Waals surface area contributed by atoms with Crippen LogP contribution in [-0.2, 0) is 11.2 Å². The van der Waals surface area contributed by atoms with Crippen molar-refractivity contribution in [1.82, 2.24) is 0 Å². The lowest BCUT2D eigenvalue weighted by Gasteiger charge is -2.03. The number of rotatable bonds is 5. The molecule has 0 saturated carbocycles. The van der Waals surface area contributed by atoms with Crippen LogP contribution < -0.4 is 0 Å². The number of thiol groups is 1. The summed E-state index contributed by atoms with van der Waals surface area (Å²) in [6.45, 7) is 0. The van der Waals surface area contributed by atoms with E-state index in [1.54, 1.807) is 0 Å². The van der Waals surface area contributed by atoms with Crippen LogP contribution in [0.2, 0.25) is 0 Å². The Balaban J connectivity index is 2.05. The Bertz CT molecular complexity index is 573. The second-order valence-corrected chi connectivity index (χ2v) is 4.79. The number of hydrogen-bond acceptors (Lipinski definition) is 2. The van der Waals surface area contributed by atoms with Gasteiger partial charge < -0.3 is 0 Å². The molecule has 2 aromatic rings. The van der Waals surface area contributed by atoms with Crippen molar-refractivity contribution in [3.63, 3.8) is 0 Å². The lowest BCUT2D eigenvalue weighted by molar-refractivity contribution is -0.103. The van der Waals surface area contributed by atoms with E-state index in [0.29, 0.717) is 0 Å². The summed E-state index contributed by atoms with van der Waals surface area (Å²) in [5.74, 6) is 0. The molecule has 19 heavy (non-hydrogen) atoms. The minimum absolute atomic E-state index is 0.747. The van der Waals surface area contributed by atoms with Crippen LogP contribution in [-0.4, -0.2) is 6.29 Å². The fraction of sp³-hybridized carbons (Fsp3) is 0.118. The second kappa shape index (κ2) is 6.95. The molecule has 0 aliphatic carbocycles. The summed E-state index contributed by atoms with van der Waals surface area (Å²) in [6, 6.07) is 17.8. The number of hydrogen-bond donors (Lipinski definition) is 1. The lowest BCUT2D eigenvalue weighted by atomic mass is 10.0. The van der Waals surface area contributed by atoms with Gasteiger partial charge in [-0.25, -0.2) is 0 Å². The van der Waals surface area contributed by atoms with E-state index in [1.807, 2.05) is 54.6 Å². The third-order valence-electron chi connectivity index (χ3n) is 3.00. The van der Waals surface area contributed by atoms with Gasteiger partial charge in [-0.1, -0.05) is 54.6 Å². The fourth-order valence-electron chi connectivity index (χ4n) is 1.97. The Kier molecular flexibility index (Phi) is 4.99. The third kappa shape index (κ3) is 3.83. The van der Waals surface area contributed by atoms with E-state index in [1.165, 1.54) is 5.56 Å². The normalized spacial score (nSPS) is 11.3. The molecule has 0 heterocycles. The molecule has 96 valence electrons. The van der Waals surface area contributed by atoms with Gasteiger partial charge in [-0.15, -0.1) is 12.6 Å². The lowest BCUT2D eigenvalue weighted by Crippen LogP contribution is -1.89. The van der Waals surface area contributed by atoms with Gasteiger partial charge in [0.25, 0.3) is 0 Å². The molecular formula is C17H16OS. The van der Waals surface area contributed by atoms with E-state index in [0.717, 1.165) is 35.2 Å². The maximum Gasteiger partial charge on any atom is 0.150 e. The minimum Gasteiger partial charge on any atom is -0.298 e. The highest BCUT2D eigenvalue weighted by molar-refractivity contribution is 7.80. The summed E-state index contributed by atoms with van der Waals surface area (Å²) in [6.07, 6.45) is 4.63. The van der Waals surface area contributed by atoms with Crippen LogP contribution in [0.5, 0.6) is 0 Å². The Morgan fingerprint density at radius 3 is 2.37 bits per heavy atom. The van der Waals surface area contributed by atoms with Crippen LogP contribution >= 0.6 is 12.6 Å². The van der Waals surface area contributed by atoms with Gasteiger partial charge in [0.1, 0.15) is 6.29 Å². The molecule has 2 rings (SSSR count). The number of aldehydes is 1. The molecule has 1 nitrogen and oxygen atoms in total. The van der Waals surface area contributed by atoms with Crippen molar-refractivity contribution in [2.24, 2.45) is 0 Å². The predicted molar refractivity (Wildman–Crippen MR) is 82.5 cm³/mol. The van der Waals surface area contributed by atoms with Gasteiger partial charge in [-0.05, 0) is 30.0 Å². The topological polar surface area (TPSA) is 17.1 Å². The number of allylic oxidation sites excluding steroid dienone is 2. The van der Waals surface area contributed by atoms with Crippen LogP contribution in [0.1, 0.15) is 17.5 Å². The van der Waals surface area contributed by atoms with Crippen molar-refractivity contribution in [3.8, 4) is 0 Å². The zero-order valence-electron chi connectivity index (χ0n) is 10.6. The van der Waals surface area contributed by atoms with E-state index >= 15 is 0 Å². The summed E-state index contributed by atoms with van der Waals surface area (Å²) in [5.41, 5.74) is 2.93. The van der Waals surface area contributed by atoms with Crippen LogP contribution in [0.25, 0.3) is 5.57 Å². The first kappa shape index (κ1) is 13.6. The highest BCUT2D eigenvalue weighted by Crippen LogP contribution is 2.17. The SMILES string of the molecule is O=C/C(=C\CCc1ccccc1S)c1ccccc1. The monoisotopic (exact) mass is 268 g/mol. The Morgan fingerprint density at radius 1 is 1.00 bits per heavy atom. The van der Waals surface area contributed by atoms with E-state index in [2.05, 4.69) is 18.7 Å². The van der Waals surface area contributed by atoms with Gasteiger partial charge in [0, 0.05) is 10.5 Å². The van der Waals surface area contributed by atoms with Gasteiger partial charge >= 0.3 is 0 Å². The highest BCUT2D eigenvalue weighted by Gasteiger charge is 2.00. The molecule has 0 spiro atoms. The third-order valence-corrected chi connectivity index (χ3v) is 3.44. The Labute approximate surface area is 119 Å². The van der Waals surface area contributed by atoms with Crippen molar-refractivity contribution < 1.29 is 4.79 Å². The van der Waals surface area contributed by atoms with Gasteiger partial charge in [0.05, 0.1) is 0 Å². The molecule has 0 fully saturated rings. The number of aryl methyl sites for hydroxylation is 1. The molecule has 0 aromatic heterocycles. The molecule has 0 unspecified atom stereocenters. The second-order valence-electron chi connectivity index (χ2n) is 4.31. The molecule has 0 aliphatic rings. The van der Waals surface area contributed by atoms with Crippen LogP contribution in [0.15, 0.2) is 65.6 Å². The number of carbonyl (C=O) groups is 1. The quantitative estimate of drug-likeness (QED) is 0.489. The number of benzene rings is 2. The summed E-state index contributed by atoms with van der Waals surface area (Å²) >= 11 is 4.43. The van der Waals surface area contributed by atoms with Crippen molar-refractivity contribution in [2.45, 2.75) is 17.7 Å². The van der Waals surface area contributed by atoms with Crippen molar-refractivity contribution in [1.29, 1.82) is 0 Å². The van der Waals surface area contributed by atoms with Crippen LogP contribution in [0.4, 0.5) is 0 Å². The molecule has 0 amide bonds. The molecular weight excluding hydrogens is 252 g/mol. The largest absolute Gasteiger partial charge is 0.298 e. The predicted octanol–water partition coefficient (Wildman–Crippen LogP) is 4.19. The molecule has 2 heteroatoms. The summed E-state index contributed by atoms with van der Waals surface area (Å²) in [7, 11) is 0.